The lowest BCUT2D eigenvalue weighted by Gasteiger charge is -2.10. The molecular formula is C16H22N2O2. The zero-order valence-corrected chi connectivity index (χ0v) is 12.2. The van der Waals surface area contributed by atoms with Crippen molar-refractivity contribution < 1.29 is 9.53 Å². The summed E-state index contributed by atoms with van der Waals surface area (Å²) in [5.41, 5.74) is 7.73. The summed E-state index contributed by atoms with van der Waals surface area (Å²) in [5, 5.41) is 3.35. The Kier molecular flexibility index (Phi) is 7.23. The zero-order chi connectivity index (χ0) is 14.8. The number of esters is 1. The van der Waals surface area contributed by atoms with Crippen LogP contribution in [0.2, 0.25) is 0 Å². The highest BCUT2D eigenvalue weighted by Crippen LogP contribution is 2.17. The normalized spacial score (nSPS) is 9.55. The maximum atomic E-state index is 11.5. The van der Waals surface area contributed by atoms with E-state index >= 15 is 0 Å². The highest BCUT2D eigenvalue weighted by Gasteiger charge is 2.08. The summed E-state index contributed by atoms with van der Waals surface area (Å²) in [6, 6.07) is 5.37. The van der Waals surface area contributed by atoms with Gasteiger partial charge in [-0.2, -0.15) is 0 Å². The lowest BCUT2D eigenvalue weighted by atomic mass is 10.1. The Hall–Kier alpha value is -1.99. The van der Waals surface area contributed by atoms with E-state index in [4.69, 9.17) is 10.5 Å². The molecule has 1 aromatic carbocycles. The lowest BCUT2D eigenvalue weighted by molar-refractivity contribution is 0.0600. The molecule has 0 amide bonds. The van der Waals surface area contributed by atoms with Crippen molar-refractivity contribution in [2.75, 3.05) is 25.5 Å². The van der Waals surface area contributed by atoms with Crippen LogP contribution >= 0.6 is 0 Å². The van der Waals surface area contributed by atoms with Gasteiger partial charge in [0.1, 0.15) is 0 Å². The van der Waals surface area contributed by atoms with E-state index in [-0.39, 0.29) is 5.97 Å². The number of benzene rings is 1. The van der Waals surface area contributed by atoms with E-state index in [0.29, 0.717) is 5.56 Å². The van der Waals surface area contributed by atoms with Gasteiger partial charge in [-0.25, -0.2) is 4.79 Å². The topological polar surface area (TPSA) is 64.3 Å². The van der Waals surface area contributed by atoms with Gasteiger partial charge >= 0.3 is 5.97 Å². The van der Waals surface area contributed by atoms with Gasteiger partial charge in [-0.15, -0.1) is 5.92 Å². The molecule has 0 aliphatic carbocycles. The van der Waals surface area contributed by atoms with E-state index in [2.05, 4.69) is 17.2 Å². The number of methoxy groups -OCH3 is 1. The third-order valence-corrected chi connectivity index (χ3v) is 2.90. The van der Waals surface area contributed by atoms with Crippen LogP contribution in [-0.2, 0) is 4.74 Å². The largest absolute Gasteiger partial charge is 0.465 e. The maximum Gasteiger partial charge on any atom is 0.337 e. The second-order valence-corrected chi connectivity index (χ2v) is 4.40. The Morgan fingerprint density at radius 3 is 2.80 bits per heavy atom. The quantitative estimate of drug-likeness (QED) is 0.455. The number of anilines is 1. The smallest absolute Gasteiger partial charge is 0.337 e. The highest BCUT2D eigenvalue weighted by atomic mass is 16.5. The number of hydrogen-bond donors (Lipinski definition) is 2. The molecule has 0 atom stereocenters. The third kappa shape index (κ3) is 4.94. The van der Waals surface area contributed by atoms with E-state index in [0.717, 1.165) is 43.6 Å². The lowest BCUT2D eigenvalue weighted by Crippen LogP contribution is -2.07. The van der Waals surface area contributed by atoms with Crippen LogP contribution in [0.1, 0.15) is 42.1 Å². The fourth-order valence-electron chi connectivity index (χ4n) is 1.85. The first-order valence-corrected chi connectivity index (χ1v) is 6.82. The second kappa shape index (κ2) is 9.00. The minimum Gasteiger partial charge on any atom is -0.465 e. The van der Waals surface area contributed by atoms with E-state index in [1.54, 1.807) is 19.1 Å². The third-order valence-electron chi connectivity index (χ3n) is 2.90. The fraction of sp³-hybridized carbons (Fsp3) is 0.438. The molecule has 4 nitrogen and oxygen atoms in total. The van der Waals surface area contributed by atoms with Crippen molar-refractivity contribution in [3.63, 3.8) is 0 Å². The summed E-state index contributed by atoms with van der Waals surface area (Å²) in [4.78, 5) is 11.5. The molecule has 0 spiro atoms. The van der Waals surface area contributed by atoms with Gasteiger partial charge in [-0.05, 0) is 44.5 Å². The summed E-state index contributed by atoms with van der Waals surface area (Å²) in [6.07, 6.45) is 3.22. The Morgan fingerprint density at radius 2 is 2.15 bits per heavy atom. The number of carbonyl (C=O) groups is 1. The van der Waals surface area contributed by atoms with Crippen molar-refractivity contribution in [2.45, 2.75) is 26.2 Å². The fourth-order valence-corrected chi connectivity index (χ4v) is 1.85. The summed E-state index contributed by atoms with van der Waals surface area (Å²) < 4.78 is 4.72. The number of nitrogens with two attached hydrogens (primary N) is 1. The minimum absolute atomic E-state index is 0.348. The van der Waals surface area contributed by atoms with E-state index < -0.39 is 0 Å². The number of carbonyl (C=O) groups excluding carboxylic acids is 1. The molecule has 0 bridgehead atoms. The van der Waals surface area contributed by atoms with Crippen LogP contribution in [0.25, 0.3) is 0 Å². The van der Waals surface area contributed by atoms with Gasteiger partial charge in [0.2, 0.25) is 0 Å². The molecule has 20 heavy (non-hydrogen) atoms. The first kappa shape index (κ1) is 16.1. The predicted octanol–water partition coefficient (Wildman–Crippen LogP) is 2.39. The first-order valence-electron chi connectivity index (χ1n) is 6.82. The molecule has 0 aromatic heterocycles. The van der Waals surface area contributed by atoms with Crippen LogP contribution in [-0.4, -0.2) is 26.2 Å². The van der Waals surface area contributed by atoms with Gasteiger partial charge in [0.25, 0.3) is 0 Å². The second-order valence-electron chi connectivity index (χ2n) is 4.40. The van der Waals surface area contributed by atoms with Crippen LogP contribution < -0.4 is 11.1 Å². The van der Waals surface area contributed by atoms with Gasteiger partial charge in [-0.1, -0.05) is 12.3 Å². The zero-order valence-electron chi connectivity index (χ0n) is 12.2. The summed E-state index contributed by atoms with van der Waals surface area (Å²) in [5.74, 6) is 5.52. The van der Waals surface area contributed by atoms with Crippen LogP contribution in [0.15, 0.2) is 18.2 Å². The predicted molar refractivity (Wildman–Crippen MR) is 81.7 cm³/mol. The Morgan fingerprint density at radius 1 is 1.35 bits per heavy atom. The summed E-state index contributed by atoms with van der Waals surface area (Å²) in [7, 11) is 1.37. The maximum absolute atomic E-state index is 11.5. The summed E-state index contributed by atoms with van der Waals surface area (Å²) >= 11 is 0. The molecule has 0 unspecified atom stereocenters. The number of hydrogen-bond acceptors (Lipinski definition) is 4. The van der Waals surface area contributed by atoms with E-state index in [1.165, 1.54) is 7.11 Å². The average Bonchev–Trinajstić information content (AvgIpc) is 2.47. The molecule has 0 fully saturated rings. The van der Waals surface area contributed by atoms with E-state index in [1.807, 2.05) is 6.07 Å². The molecule has 0 aliphatic heterocycles. The molecular weight excluding hydrogens is 252 g/mol. The van der Waals surface area contributed by atoms with Crippen molar-refractivity contribution in [1.82, 2.24) is 0 Å². The van der Waals surface area contributed by atoms with Crippen LogP contribution in [0, 0.1) is 11.8 Å². The van der Waals surface area contributed by atoms with Crippen molar-refractivity contribution >= 4 is 11.7 Å². The van der Waals surface area contributed by atoms with Gasteiger partial charge < -0.3 is 15.8 Å². The van der Waals surface area contributed by atoms with Crippen molar-refractivity contribution in [1.29, 1.82) is 0 Å². The monoisotopic (exact) mass is 274 g/mol. The minimum atomic E-state index is -0.348. The number of ether oxygens (including phenoxy) is 1. The molecule has 0 heterocycles. The van der Waals surface area contributed by atoms with Gasteiger partial charge in [-0.3, -0.25) is 0 Å². The Labute approximate surface area is 120 Å². The Balaban J connectivity index is 2.74. The SMILES string of the molecule is CC#Cc1cc(C(=O)OC)ccc1NCCCCCN. The number of rotatable bonds is 7. The molecule has 0 aliphatic rings. The first-order chi connectivity index (χ1) is 9.72. The van der Waals surface area contributed by atoms with E-state index in [9.17, 15) is 4.79 Å². The number of nitrogens with one attached hydrogen (secondary N) is 1. The highest BCUT2D eigenvalue weighted by molar-refractivity contribution is 5.90. The van der Waals surface area contributed by atoms with Crippen molar-refractivity contribution in [2.24, 2.45) is 5.73 Å². The molecule has 1 rings (SSSR count). The summed E-state index contributed by atoms with van der Waals surface area (Å²) in [6.45, 7) is 3.38. The van der Waals surface area contributed by atoms with Crippen LogP contribution in [0.3, 0.4) is 0 Å². The van der Waals surface area contributed by atoms with Crippen molar-refractivity contribution in [3.8, 4) is 11.8 Å². The van der Waals surface area contributed by atoms with Gasteiger partial charge in [0, 0.05) is 17.8 Å². The van der Waals surface area contributed by atoms with Crippen molar-refractivity contribution in [3.05, 3.63) is 29.3 Å². The molecule has 3 N–H and O–H groups in total. The standard InChI is InChI=1S/C16H22N2O2/c1-3-7-13-12-14(16(19)20-2)8-9-15(13)18-11-6-4-5-10-17/h8-9,12,18H,4-6,10-11,17H2,1-2H3. The van der Waals surface area contributed by atoms with Crippen LogP contribution in [0.4, 0.5) is 5.69 Å². The Bertz CT molecular complexity index is 501. The average molecular weight is 274 g/mol. The molecule has 0 saturated carbocycles. The molecule has 1 aromatic rings. The molecule has 0 saturated heterocycles. The molecule has 0 radical (unpaired) electrons. The van der Waals surface area contributed by atoms with Gasteiger partial charge in [0.05, 0.1) is 12.7 Å². The van der Waals surface area contributed by atoms with Crippen LogP contribution in [0.5, 0.6) is 0 Å². The number of unbranched alkanes of at least 4 members (excludes halogenated alkanes) is 2. The van der Waals surface area contributed by atoms with Gasteiger partial charge in [0.15, 0.2) is 0 Å². The molecule has 4 heteroatoms. The molecule has 108 valence electrons.